The molecule has 118 valence electrons. The first-order valence-corrected chi connectivity index (χ1v) is 7.42. The van der Waals surface area contributed by atoms with E-state index in [1.54, 1.807) is 19.4 Å². The SMILES string of the molecule is CN1CC(=O)N(CC2CN(Cc3ccncc3)CCO2)C1=O. The lowest BCUT2D eigenvalue weighted by Gasteiger charge is -2.34. The monoisotopic (exact) mass is 304 g/mol. The van der Waals surface area contributed by atoms with Gasteiger partial charge in [-0.15, -0.1) is 0 Å². The smallest absolute Gasteiger partial charge is 0.327 e. The predicted octanol–water partition coefficient (Wildman–Crippen LogP) is 0.176. The number of rotatable bonds is 4. The van der Waals surface area contributed by atoms with Gasteiger partial charge in [-0.3, -0.25) is 19.6 Å². The second-order valence-corrected chi connectivity index (χ2v) is 5.73. The fraction of sp³-hybridized carbons (Fsp3) is 0.533. The first kappa shape index (κ1) is 14.9. The fourth-order valence-corrected chi connectivity index (χ4v) is 2.83. The van der Waals surface area contributed by atoms with Crippen LogP contribution in [0.4, 0.5) is 4.79 Å². The number of pyridine rings is 1. The normalized spacial score (nSPS) is 23.4. The summed E-state index contributed by atoms with van der Waals surface area (Å²) in [5.74, 6) is -0.151. The molecule has 1 aromatic rings. The molecular formula is C15H20N4O3. The van der Waals surface area contributed by atoms with Gasteiger partial charge in [-0.25, -0.2) is 4.79 Å². The van der Waals surface area contributed by atoms with E-state index in [0.717, 1.165) is 13.1 Å². The van der Waals surface area contributed by atoms with Crippen molar-refractivity contribution in [3.8, 4) is 0 Å². The zero-order chi connectivity index (χ0) is 15.5. The average molecular weight is 304 g/mol. The summed E-state index contributed by atoms with van der Waals surface area (Å²) in [4.78, 5) is 32.8. The minimum absolute atomic E-state index is 0.130. The molecule has 0 aliphatic carbocycles. The molecule has 0 aromatic carbocycles. The third-order valence-electron chi connectivity index (χ3n) is 4.00. The van der Waals surface area contributed by atoms with Crippen molar-refractivity contribution in [2.24, 2.45) is 0 Å². The lowest BCUT2D eigenvalue weighted by Crippen LogP contribution is -2.48. The van der Waals surface area contributed by atoms with Crippen LogP contribution >= 0.6 is 0 Å². The van der Waals surface area contributed by atoms with Crippen molar-refractivity contribution in [3.63, 3.8) is 0 Å². The summed E-state index contributed by atoms with van der Waals surface area (Å²) in [6, 6.07) is 3.75. The molecule has 0 N–H and O–H groups in total. The number of aromatic nitrogens is 1. The van der Waals surface area contributed by atoms with Crippen LogP contribution in [0.25, 0.3) is 0 Å². The van der Waals surface area contributed by atoms with Gasteiger partial charge in [0, 0.05) is 39.1 Å². The molecule has 3 amide bonds. The molecule has 2 aliphatic heterocycles. The van der Waals surface area contributed by atoms with Crippen LogP contribution in [0.3, 0.4) is 0 Å². The van der Waals surface area contributed by atoms with Crippen LogP contribution in [0.5, 0.6) is 0 Å². The molecule has 1 unspecified atom stereocenters. The number of morpholine rings is 1. The van der Waals surface area contributed by atoms with Crippen molar-refractivity contribution in [2.75, 3.05) is 39.8 Å². The average Bonchev–Trinajstić information content (AvgIpc) is 2.75. The van der Waals surface area contributed by atoms with Crippen molar-refractivity contribution >= 4 is 11.9 Å². The van der Waals surface area contributed by atoms with Gasteiger partial charge in [0.1, 0.15) is 6.54 Å². The van der Waals surface area contributed by atoms with E-state index in [9.17, 15) is 9.59 Å². The summed E-state index contributed by atoms with van der Waals surface area (Å²) in [5.41, 5.74) is 1.20. The summed E-state index contributed by atoms with van der Waals surface area (Å²) in [5, 5.41) is 0. The van der Waals surface area contributed by atoms with Gasteiger partial charge in [0.05, 0.1) is 19.3 Å². The molecule has 1 aromatic heterocycles. The maximum absolute atomic E-state index is 11.9. The van der Waals surface area contributed by atoms with Gasteiger partial charge >= 0.3 is 6.03 Å². The predicted molar refractivity (Wildman–Crippen MR) is 79.0 cm³/mol. The highest BCUT2D eigenvalue weighted by molar-refractivity contribution is 6.01. The minimum Gasteiger partial charge on any atom is -0.374 e. The molecule has 3 heterocycles. The van der Waals surface area contributed by atoms with Crippen LogP contribution in [0, 0.1) is 0 Å². The molecule has 2 saturated heterocycles. The number of hydrogen-bond donors (Lipinski definition) is 0. The zero-order valence-electron chi connectivity index (χ0n) is 12.6. The second kappa shape index (κ2) is 6.41. The van der Waals surface area contributed by atoms with Crippen molar-refractivity contribution < 1.29 is 14.3 Å². The lowest BCUT2D eigenvalue weighted by atomic mass is 10.2. The molecule has 7 nitrogen and oxygen atoms in total. The van der Waals surface area contributed by atoms with E-state index >= 15 is 0 Å². The Hall–Kier alpha value is -1.99. The molecule has 0 saturated carbocycles. The summed E-state index contributed by atoms with van der Waals surface area (Å²) in [6.45, 7) is 3.48. The van der Waals surface area contributed by atoms with Gasteiger partial charge in [0.2, 0.25) is 5.91 Å². The maximum Gasteiger partial charge on any atom is 0.327 e. The largest absolute Gasteiger partial charge is 0.374 e. The number of hydrogen-bond acceptors (Lipinski definition) is 5. The maximum atomic E-state index is 11.9. The van der Waals surface area contributed by atoms with Crippen molar-refractivity contribution in [1.29, 1.82) is 0 Å². The Morgan fingerprint density at radius 3 is 2.77 bits per heavy atom. The van der Waals surface area contributed by atoms with Crippen LogP contribution in [-0.4, -0.2) is 77.6 Å². The molecule has 22 heavy (non-hydrogen) atoms. The van der Waals surface area contributed by atoms with Crippen LogP contribution in [0.2, 0.25) is 0 Å². The van der Waals surface area contributed by atoms with Crippen molar-refractivity contribution in [2.45, 2.75) is 12.6 Å². The lowest BCUT2D eigenvalue weighted by molar-refractivity contribution is -0.127. The highest BCUT2D eigenvalue weighted by Gasteiger charge is 2.36. The summed E-state index contributed by atoms with van der Waals surface area (Å²) < 4.78 is 5.72. The topological polar surface area (TPSA) is 66.0 Å². The number of imide groups is 1. The van der Waals surface area contributed by atoms with Crippen molar-refractivity contribution in [1.82, 2.24) is 19.7 Å². The number of urea groups is 1. The molecule has 0 radical (unpaired) electrons. The van der Waals surface area contributed by atoms with E-state index < -0.39 is 0 Å². The first-order valence-electron chi connectivity index (χ1n) is 7.42. The van der Waals surface area contributed by atoms with E-state index in [4.69, 9.17) is 4.74 Å². The van der Waals surface area contributed by atoms with Gasteiger partial charge in [-0.1, -0.05) is 0 Å². The highest BCUT2D eigenvalue weighted by atomic mass is 16.5. The second-order valence-electron chi connectivity index (χ2n) is 5.73. The third-order valence-corrected chi connectivity index (χ3v) is 4.00. The van der Waals surface area contributed by atoms with Gasteiger partial charge in [0.15, 0.2) is 0 Å². The van der Waals surface area contributed by atoms with Crippen LogP contribution in [0.15, 0.2) is 24.5 Å². The number of likely N-dealkylation sites (N-methyl/N-ethyl adjacent to an activating group) is 1. The molecule has 0 spiro atoms. The van der Waals surface area contributed by atoms with Gasteiger partial charge < -0.3 is 9.64 Å². The number of carbonyl (C=O) groups is 2. The summed E-state index contributed by atoms with van der Waals surface area (Å²) in [6.07, 6.45) is 3.44. The van der Waals surface area contributed by atoms with Crippen LogP contribution in [-0.2, 0) is 16.1 Å². The standard InChI is InChI=1S/C15H20N4O3/c1-17-11-14(20)19(15(17)21)10-13-9-18(6-7-22-13)8-12-2-4-16-5-3-12/h2-5,13H,6-11H2,1H3. The summed E-state index contributed by atoms with van der Waals surface area (Å²) in [7, 11) is 1.64. The van der Waals surface area contributed by atoms with Gasteiger partial charge in [-0.05, 0) is 17.7 Å². The quantitative estimate of drug-likeness (QED) is 0.742. The van der Waals surface area contributed by atoms with E-state index in [-0.39, 0.29) is 24.6 Å². The van der Waals surface area contributed by atoms with E-state index in [1.165, 1.54) is 15.4 Å². The number of ether oxygens (including phenoxy) is 1. The minimum atomic E-state index is -0.236. The van der Waals surface area contributed by atoms with Crippen molar-refractivity contribution in [3.05, 3.63) is 30.1 Å². The zero-order valence-corrected chi connectivity index (χ0v) is 12.6. The Balaban J connectivity index is 1.57. The molecular weight excluding hydrogens is 284 g/mol. The Kier molecular flexibility index (Phi) is 4.35. The molecule has 1 atom stereocenters. The number of amides is 3. The van der Waals surface area contributed by atoms with Crippen LogP contribution < -0.4 is 0 Å². The Morgan fingerprint density at radius 2 is 2.09 bits per heavy atom. The Morgan fingerprint density at radius 1 is 1.32 bits per heavy atom. The Labute approximate surface area is 129 Å². The molecule has 2 aliphatic rings. The molecule has 2 fully saturated rings. The van der Waals surface area contributed by atoms with Crippen LogP contribution in [0.1, 0.15) is 5.56 Å². The Bertz CT molecular complexity index is 551. The summed E-state index contributed by atoms with van der Waals surface area (Å²) >= 11 is 0. The molecule has 3 rings (SSSR count). The van der Waals surface area contributed by atoms with E-state index in [1.807, 2.05) is 12.1 Å². The first-order chi connectivity index (χ1) is 10.6. The van der Waals surface area contributed by atoms with Gasteiger partial charge in [-0.2, -0.15) is 0 Å². The molecule has 7 heteroatoms. The molecule has 0 bridgehead atoms. The number of nitrogens with zero attached hydrogens (tertiary/aromatic N) is 4. The van der Waals surface area contributed by atoms with E-state index in [2.05, 4.69) is 9.88 Å². The number of carbonyl (C=O) groups excluding carboxylic acids is 2. The third kappa shape index (κ3) is 3.26. The fourth-order valence-electron chi connectivity index (χ4n) is 2.83. The van der Waals surface area contributed by atoms with Gasteiger partial charge in [0.25, 0.3) is 0 Å². The highest BCUT2D eigenvalue weighted by Crippen LogP contribution is 2.14. The van der Waals surface area contributed by atoms with E-state index in [0.29, 0.717) is 19.7 Å².